The van der Waals surface area contributed by atoms with Crippen LogP contribution in [-0.4, -0.2) is 13.2 Å². The molecule has 0 saturated heterocycles. The molecule has 0 bridgehead atoms. The lowest BCUT2D eigenvalue weighted by Gasteiger charge is -2.19. The van der Waals surface area contributed by atoms with Gasteiger partial charge in [0, 0.05) is 12.0 Å². The van der Waals surface area contributed by atoms with Crippen LogP contribution in [0.5, 0.6) is 11.5 Å². The van der Waals surface area contributed by atoms with Crippen molar-refractivity contribution in [2.45, 2.75) is 25.8 Å². The Morgan fingerprint density at radius 1 is 1.27 bits per heavy atom. The van der Waals surface area contributed by atoms with Crippen LogP contribution in [0, 0.1) is 0 Å². The van der Waals surface area contributed by atoms with Crippen molar-refractivity contribution >= 4 is 0 Å². The van der Waals surface area contributed by atoms with E-state index in [1.807, 2.05) is 6.07 Å². The van der Waals surface area contributed by atoms with Crippen LogP contribution in [0.25, 0.3) is 0 Å². The monoisotopic (exact) mass is 208 g/mol. The molecule has 1 aliphatic rings. The number of ether oxygens (including phenoxy) is 2. The van der Waals surface area contributed by atoms with Crippen LogP contribution >= 0.6 is 0 Å². The standard InChI is InChI=1S/C12H17NO2/c1-2-3-10(13)9-4-5-11-12(8-9)15-7-6-14-11/h4-5,8,10H,2-3,6-7,13H2,1H3/p+1/t10-/m1/s1. The highest BCUT2D eigenvalue weighted by Gasteiger charge is 2.15. The summed E-state index contributed by atoms with van der Waals surface area (Å²) in [4.78, 5) is 0. The predicted molar refractivity (Wildman–Crippen MR) is 58.0 cm³/mol. The lowest BCUT2D eigenvalue weighted by Crippen LogP contribution is -2.53. The van der Waals surface area contributed by atoms with E-state index < -0.39 is 0 Å². The maximum absolute atomic E-state index is 5.54. The maximum Gasteiger partial charge on any atom is 0.161 e. The van der Waals surface area contributed by atoms with Crippen molar-refractivity contribution in [1.82, 2.24) is 0 Å². The van der Waals surface area contributed by atoms with E-state index in [0.29, 0.717) is 19.3 Å². The van der Waals surface area contributed by atoms with E-state index in [2.05, 4.69) is 24.8 Å². The zero-order valence-electron chi connectivity index (χ0n) is 9.16. The Hall–Kier alpha value is -1.22. The molecule has 0 aromatic heterocycles. The third-order valence-corrected chi connectivity index (χ3v) is 2.67. The zero-order valence-corrected chi connectivity index (χ0v) is 9.16. The number of hydrogen-bond acceptors (Lipinski definition) is 2. The minimum absolute atomic E-state index is 0.353. The fourth-order valence-corrected chi connectivity index (χ4v) is 1.83. The summed E-state index contributed by atoms with van der Waals surface area (Å²) in [5.74, 6) is 1.72. The van der Waals surface area contributed by atoms with Gasteiger partial charge in [-0.05, 0) is 18.2 Å². The number of fused-ring (bicyclic) bond motifs is 1. The van der Waals surface area contributed by atoms with E-state index >= 15 is 0 Å². The third-order valence-electron chi connectivity index (χ3n) is 2.67. The molecular weight excluding hydrogens is 190 g/mol. The van der Waals surface area contributed by atoms with Gasteiger partial charge in [-0.2, -0.15) is 0 Å². The summed E-state index contributed by atoms with van der Waals surface area (Å²) in [6, 6.07) is 6.48. The van der Waals surface area contributed by atoms with E-state index in [0.717, 1.165) is 24.3 Å². The van der Waals surface area contributed by atoms with Gasteiger partial charge < -0.3 is 15.2 Å². The number of benzene rings is 1. The van der Waals surface area contributed by atoms with Gasteiger partial charge >= 0.3 is 0 Å². The fourth-order valence-electron chi connectivity index (χ4n) is 1.83. The molecular formula is C12H18NO2+. The van der Waals surface area contributed by atoms with Gasteiger partial charge in [0.25, 0.3) is 0 Å². The third kappa shape index (κ3) is 2.23. The van der Waals surface area contributed by atoms with Crippen molar-refractivity contribution in [3.63, 3.8) is 0 Å². The lowest BCUT2D eigenvalue weighted by atomic mass is 10.0. The predicted octanol–water partition coefficient (Wildman–Crippen LogP) is 1.54. The quantitative estimate of drug-likeness (QED) is 0.819. The van der Waals surface area contributed by atoms with Crippen LogP contribution in [0.4, 0.5) is 0 Å². The van der Waals surface area contributed by atoms with Gasteiger partial charge in [-0.25, -0.2) is 0 Å². The summed E-state index contributed by atoms with van der Waals surface area (Å²) in [5, 5.41) is 0. The molecule has 0 unspecified atom stereocenters. The molecule has 0 spiro atoms. The molecule has 2 rings (SSSR count). The second-order valence-corrected chi connectivity index (χ2v) is 3.89. The van der Waals surface area contributed by atoms with Crippen molar-refractivity contribution in [3.8, 4) is 11.5 Å². The molecule has 1 atom stereocenters. The van der Waals surface area contributed by atoms with E-state index in [9.17, 15) is 0 Å². The molecule has 0 saturated carbocycles. The van der Waals surface area contributed by atoms with Gasteiger partial charge in [-0.3, -0.25) is 0 Å². The SMILES string of the molecule is CCC[C@@H]([NH3+])c1ccc2c(c1)OCCO2. The topological polar surface area (TPSA) is 46.1 Å². The summed E-state index contributed by atoms with van der Waals surface area (Å²) in [5.41, 5.74) is 5.39. The molecule has 0 aliphatic carbocycles. The smallest absolute Gasteiger partial charge is 0.161 e. The zero-order chi connectivity index (χ0) is 10.7. The van der Waals surface area contributed by atoms with Crippen LogP contribution in [-0.2, 0) is 0 Å². The van der Waals surface area contributed by atoms with E-state index in [4.69, 9.17) is 9.47 Å². The summed E-state index contributed by atoms with van der Waals surface area (Å²) in [6.07, 6.45) is 2.27. The average Bonchev–Trinajstić information content (AvgIpc) is 2.29. The molecule has 1 aliphatic heterocycles. The van der Waals surface area contributed by atoms with Gasteiger partial charge in [0.1, 0.15) is 19.3 Å². The molecule has 1 aromatic rings. The largest absolute Gasteiger partial charge is 0.486 e. The maximum atomic E-state index is 5.54. The highest BCUT2D eigenvalue weighted by atomic mass is 16.6. The van der Waals surface area contributed by atoms with Gasteiger partial charge in [0.05, 0.1) is 0 Å². The molecule has 82 valence electrons. The highest BCUT2D eigenvalue weighted by molar-refractivity contribution is 5.44. The molecule has 3 nitrogen and oxygen atoms in total. The molecule has 3 heteroatoms. The Morgan fingerprint density at radius 2 is 2.00 bits per heavy atom. The van der Waals surface area contributed by atoms with Crippen LogP contribution in [0.2, 0.25) is 0 Å². The van der Waals surface area contributed by atoms with E-state index in [1.54, 1.807) is 0 Å². The Labute approximate surface area is 90.2 Å². The summed E-state index contributed by atoms with van der Waals surface area (Å²) < 4.78 is 11.0. The second kappa shape index (κ2) is 4.53. The van der Waals surface area contributed by atoms with Crippen molar-refractivity contribution < 1.29 is 15.2 Å². The Bertz CT molecular complexity index is 338. The molecule has 0 radical (unpaired) electrons. The number of rotatable bonds is 3. The van der Waals surface area contributed by atoms with Gasteiger partial charge in [0.2, 0.25) is 0 Å². The molecule has 0 amide bonds. The van der Waals surface area contributed by atoms with Gasteiger partial charge in [0.15, 0.2) is 11.5 Å². The normalized spacial score (nSPS) is 16.1. The molecule has 3 N–H and O–H groups in total. The van der Waals surface area contributed by atoms with Crippen molar-refractivity contribution in [2.75, 3.05) is 13.2 Å². The molecule has 1 aromatic carbocycles. The first-order valence-corrected chi connectivity index (χ1v) is 5.54. The van der Waals surface area contributed by atoms with Crippen LogP contribution in [0.3, 0.4) is 0 Å². The van der Waals surface area contributed by atoms with Crippen LogP contribution in [0.15, 0.2) is 18.2 Å². The van der Waals surface area contributed by atoms with Gasteiger partial charge in [-0.15, -0.1) is 0 Å². The van der Waals surface area contributed by atoms with Gasteiger partial charge in [-0.1, -0.05) is 13.3 Å². The first-order chi connectivity index (χ1) is 7.31. The second-order valence-electron chi connectivity index (χ2n) is 3.89. The highest BCUT2D eigenvalue weighted by Crippen LogP contribution is 2.32. The van der Waals surface area contributed by atoms with Crippen LogP contribution in [0.1, 0.15) is 31.4 Å². The number of hydrogen-bond donors (Lipinski definition) is 1. The molecule has 0 fully saturated rings. The van der Waals surface area contributed by atoms with Crippen molar-refractivity contribution in [2.24, 2.45) is 0 Å². The average molecular weight is 208 g/mol. The molecule has 15 heavy (non-hydrogen) atoms. The van der Waals surface area contributed by atoms with E-state index in [-0.39, 0.29) is 0 Å². The summed E-state index contributed by atoms with van der Waals surface area (Å²) in [7, 11) is 0. The Balaban J connectivity index is 2.20. The molecule has 1 heterocycles. The first kappa shape index (κ1) is 10.3. The lowest BCUT2D eigenvalue weighted by molar-refractivity contribution is -0.428. The summed E-state index contributed by atoms with van der Waals surface area (Å²) in [6.45, 7) is 3.47. The Morgan fingerprint density at radius 3 is 2.73 bits per heavy atom. The minimum Gasteiger partial charge on any atom is -0.486 e. The summed E-state index contributed by atoms with van der Waals surface area (Å²) >= 11 is 0. The Kier molecular flexibility index (Phi) is 3.11. The minimum atomic E-state index is 0.353. The van der Waals surface area contributed by atoms with Crippen LogP contribution < -0.4 is 15.2 Å². The van der Waals surface area contributed by atoms with Crippen molar-refractivity contribution in [3.05, 3.63) is 23.8 Å². The van der Waals surface area contributed by atoms with E-state index in [1.165, 1.54) is 5.56 Å². The van der Waals surface area contributed by atoms with Crippen molar-refractivity contribution in [1.29, 1.82) is 0 Å². The fraction of sp³-hybridized carbons (Fsp3) is 0.500. The number of quaternary nitrogens is 1. The first-order valence-electron chi connectivity index (χ1n) is 5.54.